The van der Waals surface area contributed by atoms with Crippen LogP contribution in [-0.4, -0.2) is 22.4 Å². The summed E-state index contributed by atoms with van der Waals surface area (Å²) in [4.78, 5) is 10.9. The second-order valence-electron chi connectivity index (χ2n) is 4.58. The van der Waals surface area contributed by atoms with Crippen molar-refractivity contribution in [2.75, 3.05) is 0 Å². The van der Waals surface area contributed by atoms with Crippen LogP contribution in [-0.2, 0) is 11.2 Å². The summed E-state index contributed by atoms with van der Waals surface area (Å²) >= 11 is 4.65. The fourth-order valence-corrected chi connectivity index (χ4v) is 2.09. The highest BCUT2D eigenvalue weighted by atomic mass is 32.1. The van der Waals surface area contributed by atoms with Gasteiger partial charge in [0.05, 0.1) is 12.6 Å². The number of carbonyl (C=O) groups is 1. The van der Waals surface area contributed by atoms with E-state index in [0.29, 0.717) is 0 Å². The van der Waals surface area contributed by atoms with E-state index >= 15 is 0 Å². The van der Waals surface area contributed by atoms with Crippen molar-refractivity contribution in [3.63, 3.8) is 0 Å². The number of rotatable bonds is 5. The third-order valence-electron chi connectivity index (χ3n) is 2.97. The molecular weight excluding hydrogens is 298 g/mol. The smallest absolute Gasteiger partial charge is 0.307 e. The second-order valence-corrected chi connectivity index (χ2v) is 5.02. The standard InChI is InChI=1S/C16H15N3O2S/c17-16(22)19-18-10-11-5-7-12(8-6-11)14-4-2-1-3-13(14)9-15(20)21/h1-8,10H,9H2,(H,20,21)(H3,17,19,22). The summed E-state index contributed by atoms with van der Waals surface area (Å²) in [5.74, 6) is -0.847. The Labute approximate surface area is 133 Å². The number of hydrogen-bond donors (Lipinski definition) is 3. The molecule has 0 aliphatic rings. The summed E-state index contributed by atoms with van der Waals surface area (Å²) in [6.45, 7) is 0. The van der Waals surface area contributed by atoms with Crippen LogP contribution < -0.4 is 11.2 Å². The highest BCUT2D eigenvalue weighted by Crippen LogP contribution is 2.24. The molecule has 0 atom stereocenters. The lowest BCUT2D eigenvalue weighted by atomic mass is 9.97. The van der Waals surface area contributed by atoms with Crippen molar-refractivity contribution in [2.24, 2.45) is 10.8 Å². The first-order valence-electron chi connectivity index (χ1n) is 6.55. The van der Waals surface area contributed by atoms with Gasteiger partial charge in [0.25, 0.3) is 0 Å². The summed E-state index contributed by atoms with van der Waals surface area (Å²) in [6.07, 6.45) is 1.60. The van der Waals surface area contributed by atoms with Gasteiger partial charge in [-0.05, 0) is 34.5 Å². The number of carboxylic acid groups (broad SMARTS) is 1. The molecular formula is C16H15N3O2S. The molecule has 0 radical (unpaired) electrons. The molecule has 0 aliphatic carbocycles. The highest BCUT2D eigenvalue weighted by molar-refractivity contribution is 7.80. The number of nitrogens with one attached hydrogen (secondary N) is 1. The lowest BCUT2D eigenvalue weighted by Gasteiger charge is -2.08. The Morgan fingerprint density at radius 3 is 2.55 bits per heavy atom. The third kappa shape index (κ3) is 4.39. The normalized spacial score (nSPS) is 10.5. The summed E-state index contributed by atoms with van der Waals surface area (Å²) in [7, 11) is 0. The lowest BCUT2D eigenvalue weighted by molar-refractivity contribution is -0.136. The zero-order chi connectivity index (χ0) is 15.9. The molecule has 0 aromatic heterocycles. The van der Waals surface area contributed by atoms with Crippen molar-refractivity contribution >= 4 is 29.5 Å². The number of aliphatic carboxylic acids is 1. The molecule has 0 spiro atoms. The topological polar surface area (TPSA) is 87.7 Å². The summed E-state index contributed by atoms with van der Waals surface area (Å²) in [5.41, 5.74) is 11.3. The number of hydrogen-bond acceptors (Lipinski definition) is 3. The molecule has 0 saturated heterocycles. The van der Waals surface area contributed by atoms with Crippen molar-refractivity contribution in [1.29, 1.82) is 0 Å². The van der Waals surface area contributed by atoms with Gasteiger partial charge < -0.3 is 10.8 Å². The number of thiocarbonyl (C=S) groups is 1. The van der Waals surface area contributed by atoms with Crippen molar-refractivity contribution in [3.05, 3.63) is 59.7 Å². The first kappa shape index (κ1) is 15.7. The van der Waals surface area contributed by atoms with Gasteiger partial charge in [0.1, 0.15) is 0 Å². The van der Waals surface area contributed by atoms with Gasteiger partial charge >= 0.3 is 5.97 Å². The van der Waals surface area contributed by atoms with E-state index in [-0.39, 0.29) is 11.5 Å². The average molecular weight is 313 g/mol. The van der Waals surface area contributed by atoms with Crippen LogP contribution in [0.5, 0.6) is 0 Å². The molecule has 2 aromatic carbocycles. The predicted octanol–water partition coefficient (Wildman–Crippen LogP) is 2.15. The minimum atomic E-state index is -0.847. The van der Waals surface area contributed by atoms with Crippen LogP contribution in [0.25, 0.3) is 11.1 Å². The summed E-state index contributed by atoms with van der Waals surface area (Å²) in [5, 5.41) is 13.0. The molecule has 0 fully saturated rings. The SMILES string of the molecule is NC(=S)NN=Cc1ccc(-c2ccccc2CC(=O)O)cc1. The molecule has 4 N–H and O–H groups in total. The van der Waals surface area contributed by atoms with Crippen LogP contribution in [0.1, 0.15) is 11.1 Å². The molecule has 6 heteroatoms. The largest absolute Gasteiger partial charge is 0.481 e. The van der Waals surface area contributed by atoms with Crippen molar-refractivity contribution in [3.8, 4) is 11.1 Å². The molecule has 2 aromatic rings. The van der Waals surface area contributed by atoms with E-state index in [9.17, 15) is 4.79 Å². The van der Waals surface area contributed by atoms with Gasteiger partial charge in [0, 0.05) is 0 Å². The van der Waals surface area contributed by atoms with Gasteiger partial charge in [-0.15, -0.1) is 0 Å². The van der Waals surface area contributed by atoms with Crippen LogP contribution in [0, 0.1) is 0 Å². The maximum atomic E-state index is 10.9. The van der Waals surface area contributed by atoms with E-state index in [4.69, 9.17) is 10.8 Å². The van der Waals surface area contributed by atoms with Gasteiger partial charge in [-0.3, -0.25) is 10.2 Å². The zero-order valence-corrected chi connectivity index (χ0v) is 12.5. The Kier molecular flexibility index (Phi) is 5.21. The molecule has 112 valence electrons. The van der Waals surface area contributed by atoms with Crippen LogP contribution in [0.4, 0.5) is 0 Å². The zero-order valence-electron chi connectivity index (χ0n) is 11.7. The first-order chi connectivity index (χ1) is 10.6. The Morgan fingerprint density at radius 2 is 1.91 bits per heavy atom. The van der Waals surface area contributed by atoms with Gasteiger partial charge in [0.15, 0.2) is 5.11 Å². The van der Waals surface area contributed by atoms with Crippen molar-refractivity contribution in [2.45, 2.75) is 6.42 Å². The minimum absolute atomic E-state index is 0.00273. The molecule has 0 heterocycles. The molecule has 0 bridgehead atoms. The van der Waals surface area contributed by atoms with Gasteiger partial charge in [-0.25, -0.2) is 0 Å². The van der Waals surface area contributed by atoms with Gasteiger partial charge in [-0.1, -0.05) is 48.5 Å². The van der Waals surface area contributed by atoms with E-state index in [0.717, 1.165) is 22.3 Å². The maximum absolute atomic E-state index is 10.9. The number of hydrazone groups is 1. The number of benzene rings is 2. The molecule has 0 unspecified atom stereocenters. The van der Waals surface area contributed by atoms with E-state index in [2.05, 4.69) is 22.7 Å². The molecule has 22 heavy (non-hydrogen) atoms. The number of nitrogens with zero attached hydrogens (tertiary/aromatic N) is 1. The maximum Gasteiger partial charge on any atom is 0.307 e. The Hall–Kier alpha value is -2.73. The Balaban J connectivity index is 2.22. The molecule has 2 rings (SSSR count). The van der Waals surface area contributed by atoms with Crippen molar-refractivity contribution < 1.29 is 9.90 Å². The van der Waals surface area contributed by atoms with E-state index in [1.807, 2.05) is 48.5 Å². The molecule has 0 saturated carbocycles. The van der Waals surface area contributed by atoms with Gasteiger partial charge in [-0.2, -0.15) is 5.10 Å². The van der Waals surface area contributed by atoms with Crippen LogP contribution in [0.3, 0.4) is 0 Å². The summed E-state index contributed by atoms with van der Waals surface area (Å²) in [6, 6.07) is 15.1. The van der Waals surface area contributed by atoms with Crippen LogP contribution >= 0.6 is 12.2 Å². The van der Waals surface area contributed by atoms with Crippen molar-refractivity contribution in [1.82, 2.24) is 5.43 Å². The fraction of sp³-hybridized carbons (Fsp3) is 0.0625. The van der Waals surface area contributed by atoms with E-state index in [1.54, 1.807) is 6.21 Å². The molecule has 5 nitrogen and oxygen atoms in total. The second kappa shape index (κ2) is 7.33. The Bertz CT molecular complexity index is 712. The highest BCUT2D eigenvalue weighted by Gasteiger charge is 2.07. The lowest BCUT2D eigenvalue weighted by Crippen LogP contribution is -2.23. The predicted molar refractivity (Wildman–Crippen MR) is 90.7 cm³/mol. The summed E-state index contributed by atoms with van der Waals surface area (Å²) < 4.78 is 0. The van der Waals surface area contributed by atoms with Crippen LogP contribution in [0.15, 0.2) is 53.6 Å². The monoisotopic (exact) mass is 313 g/mol. The number of nitrogens with two attached hydrogens (primary N) is 1. The third-order valence-corrected chi connectivity index (χ3v) is 3.06. The van der Waals surface area contributed by atoms with Gasteiger partial charge in [0.2, 0.25) is 0 Å². The molecule has 0 amide bonds. The Morgan fingerprint density at radius 1 is 1.23 bits per heavy atom. The van der Waals surface area contributed by atoms with E-state index in [1.165, 1.54) is 0 Å². The van der Waals surface area contributed by atoms with E-state index < -0.39 is 5.97 Å². The average Bonchev–Trinajstić information content (AvgIpc) is 2.48. The number of carboxylic acids is 1. The first-order valence-corrected chi connectivity index (χ1v) is 6.96. The fourth-order valence-electron chi connectivity index (χ4n) is 2.04. The quantitative estimate of drug-likeness (QED) is 0.447. The van der Waals surface area contributed by atoms with Crippen LogP contribution in [0.2, 0.25) is 0 Å². The molecule has 0 aliphatic heterocycles. The minimum Gasteiger partial charge on any atom is -0.481 e.